The Hall–Kier alpha value is -2.21. The molecule has 0 aliphatic carbocycles. The van der Waals surface area contributed by atoms with Crippen molar-refractivity contribution in [2.24, 2.45) is 5.92 Å². The first-order valence-corrected chi connectivity index (χ1v) is 5.83. The van der Waals surface area contributed by atoms with Crippen molar-refractivity contribution < 1.29 is 24.3 Å². The summed E-state index contributed by atoms with van der Waals surface area (Å²) in [6, 6.07) is 9.09. The minimum atomic E-state index is -1.10. The van der Waals surface area contributed by atoms with E-state index in [0.29, 0.717) is 5.06 Å². The summed E-state index contributed by atoms with van der Waals surface area (Å²) >= 11 is 0. The monoisotopic (exact) mass is 263 g/mol. The Bertz CT molecular complexity index is 499. The van der Waals surface area contributed by atoms with Crippen LogP contribution in [-0.4, -0.2) is 28.0 Å². The number of nitrogens with zero attached hydrogens (tertiary/aromatic N) is 1. The van der Waals surface area contributed by atoms with E-state index in [1.54, 1.807) is 12.1 Å². The molecule has 0 bridgehead atoms. The molecule has 1 heterocycles. The molecule has 0 spiro atoms. The predicted octanol–water partition coefficient (Wildman–Crippen LogP) is 0.968. The quantitative estimate of drug-likeness (QED) is 0.800. The molecule has 1 unspecified atom stereocenters. The maximum absolute atomic E-state index is 11.8. The lowest BCUT2D eigenvalue weighted by molar-refractivity contribution is -0.192. The Balaban J connectivity index is 1.95. The molecule has 1 aliphatic rings. The third-order valence-corrected chi connectivity index (χ3v) is 2.82. The van der Waals surface area contributed by atoms with E-state index in [4.69, 9.17) is 9.94 Å². The Morgan fingerprint density at radius 1 is 1.32 bits per heavy atom. The first-order valence-electron chi connectivity index (χ1n) is 5.83. The van der Waals surface area contributed by atoms with Crippen LogP contribution in [-0.2, 0) is 25.8 Å². The molecule has 0 aromatic heterocycles. The number of benzene rings is 1. The average molecular weight is 263 g/mol. The minimum Gasteiger partial charge on any atom is -0.481 e. The van der Waals surface area contributed by atoms with Gasteiger partial charge in [-0.05, 0) is 5.56 Å². The maximum Gasteiger partial charge on any atom is 0.304 e. The SMILES string of the molecule is O=C(O)CC1CC(=O)N(OCc2ccccc2)C1=O. The van der Waals surface area contributed by atoms with Crippen LogP contribution in [0.15, 0.2) is 30.3 Å². The van der Waals surface area contributed by atoms with Crippen molar-refractivity contribution in [3.8, 4) is 0 Å². The molecule has 1 N–H and O–H groups in total. The lowest BCUT2D eigenvalue weighted by Gasteiger charge is -2.14. The van der Waals surface area contributed by atoms with Crippen molar-refractivity contribution in [1.82, 2.24) is 5.06 Å². The topological polar surface area (TPSA) is 83.9 Å². The molecule has 19 heavy (non-hydrogen) atoms. The number of carbonyl (C=O) groups is 3. The summed E-state index contributed by atoms with van der Waals surface area (Å²) in [4.78, 5) is 39.1. The molecule has 0 saturated carbocycles. The lowest BCUT2D eigenvalue weighted by Crippen LogP contribution is -2.31. The second kappa shape index (κ2) is 5.62. The van der Waals surface area contributed by atoms with Gasteiger partial charge >= 0.3 is 5.97 Å². The van der Waals surface area contributed by atoms with Crippen LogP contribution in [0.4, 0.5) is 0 Å². The van der Waals surface area contributed by atoms with E-state index in [0.717, 1.165) is 5.56 Å². The van der Waals surface area contributed by atoms with Gasteiger partial charge in [0.15, 0.2) is 0 Å². The van der Waals surface area contributed by atoms with Gasteiger partial charge in [-0.2, -0.15) is 5.06 Å². The van der Waals surface area contributed by atoms with Gasteiger partial charge in [-0.3, -0.25) is 19.2 Å². The van der Waals surface area contributed by atoms with Crippen LogP contribution in [0, 0.1) is 5.92 Å². The van der Waals surface area contributed by atoms with Crippen molar-refractivity contribution in [2.45, 2.75) is 19.4 Å². The molecule has 2 rings (SSSR count). The summed E-state index contributed by atoms with van der Waals surface area (Å²) in [7, 11) is 0. The molecule has 100 valence electrons. The molecule has 6 nitrogen and oxygen atoms in total. The van der Waals surface area contributed by atoms with E-state index in [-0.39, 0.29) is 19.4 Å². The van der Waals surface area contributed by atoms with E-state index in [9.17, 15) is 14.4 Å². The number of hydroxylamine groups is 2. The van der Waals surface area contributed by atoms with E-state index in [1.807, 2.05) is 18.2 Å². The van der Waals surface area contributed by atoms with Gasteiger partial charge in [0.2, 0.25) is 0 Å². The van der Waals surface area contributed by atoms with Gasteiger partial charge < -0.3 is 5.11 Å². The smallest absolute Gasteiger partial charge is 0.304 e. The number of aliphatic carboxylic acids is 1. The second-order valence-electron chi connectivity index (χ2n) is 4.28. The van der Waals surface area contributed by atoms with Gasteiger partial charge in [0.25, 0.3) is 11.8 Å². The highest BCUT2D eigenvalue weighted by Gasteiger charge is 2.40. The van der Waals surface area contributed by atoms with E-state index in [1.165, 1.54) is 0 Å². The third-order valence-electron chi connectivity index (χ3n) is 2.82. The first-order chi connectivity index (χ1) is 9.08. The normalized spacial score (nSPS) is 18.9. The molecular weight excluding hydrogens is 250 g/mol. The van der Waals surface area contributed by atoms with Crippen molar-refractivity contribution in [2.75, 3.05) is 0 Å². The fraction of sp³-hybridized carbons (Fsp3) is 0.308. The first kappa shape index (κ1) is 13.2. The molecule has 1 aromatic carbocycles. The van der Waals surface area contributed by atoms with Crippen molar-refractivity contribution in [3.05, 3.63) is 35.9 Å². The van der Waals surface area contributed by atoms with Gasteiger partial charge in [0, 0.05) is 6.42 Å². The summed E-state index contributed by atoms with van der Waals surface area (Å²) < 4.78 is 0. The van der Waals surface area contributed by atoms with Crippen LogP contribution in [0.2, 0.25) is 0 Å². The number of carbonyl (C=O) groups excluding carboxylic acids is 2. The molecule has 1 aromatic rings. The van der Waals surface area contributed by atoms with Gasteiger partial charge in [0.1, 0.15) is 6.61 Å². The summed E-state index contributed by atoms with van der Waals surface area (Å²) in [5.74, 6) is -2.99. The number of imide groups is 1. The molecule has 6 heteroatoms. The summed E-state index contributed by atoms with van der Waals surface area (Å²) in [6.07, 6.45) is -0.463. The number of carboxylic acids is 1. The largest absolute Gasteiger partial charge is 0.481 e. The van der Waals surface area contributed by atoms with Gasteiger partial charge in [-0.25, -0.2) is 0 Å². The summed E-state index contributed by atoms with van der Waals surface area (Å²) in [5.41, 5.74) is 0.824. The molecule has 1 saturated heterocycles. The Morgan fingerprint density at radius 3 is 2.63 bits per heavy atom. The van der Waals surface area contributed by atoms with Gasteiger partial charge in [-0.15, -0.1) is 0 Å². The fourth-order valence-corrected chi connectivity index (χ4v) is 1.89. The third kappa shape index (κ3) is 3.17. The summed E-state index contributed by atoms with van der Waals surface area (Å²) in [5, 5.41) is 9.33. The standard InChI is InChI=1S/C13H13NO5/c15-11-6-10(7-12(16)17)13(18)14(11)19-8-9-4-2-1-3-5-9/h1-5,10H,6-8H2,(H,16,17). The predicted molar refractivity (Wildman–Crippen MR) is 63.4 cm³/mol. The Morgan fingerprint density at radius 2 is 2.00 bits per heavy atom. The van der Waals surface area contributed by atoms with Gasteiger partial charge in [-0.1, -0.05) is 30.3 Å². The molecule has 1 atom stereocenters. The van der Waals surface area contributed by atoms with Crippen molar-refractivity contribution >= 4 is 17.8 Å². The molecule has 0 radical (unpaired) electrons. The lowest BCUT2D eigenvalue weighted by atomic mass is 10.0. The van der Waals surface area contributed by atoms with Crippen LogP contribution >= 0.6 is 0 Å². The van der Waals surface area contributed by atoms with Crippen LogP contribution in [0.25, 0.3) is 0 Å². The van der Waals surface area contributed by atoms with Crippen LogP contribution in [0.5, 0.6) is 0 Å². The molecule has 1 fully saturated rings. The Kier molecular flexibility index (Phi) is 3.91. The number of amides is 2. The minimum absolute atomic E-state index is 0.0953. The zero-order valence-electron chi connectivity index (χ0n) is 10.1. The van der Waals surface area contributed by atoms with E-state index >= 15 is 0 Å². The van der Waals surface area contributed by atoms with E-state index in [2.05, 4.69) is 0 Å². The van der Waals surface area contributed by atoms with Crippen molar-refractivity contribution in [3.63, 3.8) is 0 Å². The number of hydrogen-bond donors (Lipinski definition) is 1. The maximum atomic E-state index is 11.8. The molecule has 2 amide bonds. The van der Waals surface area contributed by atoms with E-state index < -0.39 is 23.7 Å². The summed E-state index contributed by atoms with van der Waals surface area (Å²) in [6.45, 7) is 0.0953. The Labute approximate surface area is 109 Å². The number of rotatable bonds is 5. The highest BCUT2D eigenvalue weighted by Crippen LogP contribution is 2.23. The van der Waals surface area contributed by atoms with Crippen LogP contribution < -0.4 is 0 Å². The van der Waals surface area contributed by atoms with Crippen molar-refractivity contribution in [1.29, 1.82) is 0 Å². The molecular formula is C13H13NO5. The average Bonchev–Trinajstić information content (AvgIpc) is 2.63. The van der Waals surface area contributed by atoms with Gasteiger partial charge in [0.05, 0.1) is 12.3 Å². The molecule has 1 aliphatic heterocycles. The zero-order valence-corrected chi connectivity index (χ0v) is 10.1. The number of carboxylic acid groups (broad SMARTS) is 1. The highest BCUT2D eigenvalue weighted by atomic mass is 16.7. The highest BCUT2D eigenvalue weighted by molar-refractivity contribution is 6.03. The number of hydrogen-bond acceptors (Lipinski definition) is 4. The van der Waals surface area contributed by atoms with Crippen LogP contribution in [0.1, 0.15) is 18.4 Å². The second-order valence-corrected chi connectivity index (χ2v) is 4.28. The van der Waals surface area contributed by atoms with Crippen LogP contribution in [0.3, 0.4) is 0 Å². The zero-order chi connectivity index (χ0) is 13.8. The fourth-order valence-electron chi connectivity index (χ4n) is 1.89.